The lowest BCUT2D eigenvalue weighted by atomic mass is 10.1. The zero-order valence-corrected chi connectivity index (χ0v) is 11.0. The summed E-state index contributed by atoms with van der Waals surface area (Å²) >= 11 is 1.45. The first-order chi connectivity index (χ1) is 8.06. The molecule has 0 unspecified atom stereocenters. The summed E-state index contributed by atoms with van der Waals surface area (Å²) in [6.07, 6.45) is 0.745. The molecule has 0 aromatic carbocycles. The number of aromatic nitrogens is 1. The van der Waals surface area contributed by atoms with Crippen molar-refractivity contribution in [2.24, 2.45) is 0 Å². The van der Waals surface area contributed by atoms with Gasteiger partial charge in [0.05, 0.1) is 5.56 Å². The SMILES string of the molecule is CC#CCCSc1nc(C)cc(C)c1C(=O)O. The first kappa shape index (κ1) is 13.6. The molecule has 0 aliphatic carbocycles. The van der Waals surface area contributed by atoms with Crippen LogP contribution in [-0.2, 0) is 0 Å². The number of nitrogens with zero attached hydrogens (tertiary/aromatic N) is 1. The molecular formula is C13H15NO2S. The third-order valence-electron chi connectivity index (χ3n) is 2.17. The Morgan fingerprint density at radius 1 is 1.53 bits per heavy atom. The van der Waals surface area contributed by atoms with E-state index in [-0.39, 0.29) is 0 Å². The number of aromatic carboxylic acids is 1. The summed E-state index contributed by atoms with van der Waals surface area (Å²) < 4.78 is 0. The fourth-order valence-electron chi connectivity index (χ4n) is 1.49. The van der Waals surface area contributed by atoms with Crippen LogP contribution in [0.3, 0.4) is 0 Å². The summed E-state index contributed by atoms with van der Waals surface area (Å²) in [6.45, 7) is 5.46. The van der Waals surface area contributed by atoms with Gasteiger partial charge in [-0.05, 0) is 32.4 Å². The van der Waals surface area contributed by atoms with Gasteiger partial charge < -0.3 is 5.11 Å². The van der Waals surface area contributed by atoms with E-state index in [9.17, 15) is 4.79 Å². The van der Waals surface area contributed by atoms with Crippen LogP contribution >= 0.6 is 11.8 Å². The second-order valence-corrected chi connectivity index (χ2v) is 4.67. The van der Waals surface area contributed by atoms with Gasteiger partial charge in [0.25, 0.3) is 0 Å². The van der Waals surface area contributed by atoms with Gasteiger partial charge in [-0.25, -0.2) is 9.78 Å². The fourth-order valence-corrected chi connectivity index (χ4v) is 2.49. The smallest absolute Gasteiger partial charge is 0.338 e. The molecule has 0 spiro atoms. The predicted molar refractivity (Wildman–Crippen MR) is 69.5 cm³/mol. The summed E-state index contributed by atoms with van der Waals surface area (Å²) in [5.74, 6) is 5.61. The normalized spacial score (nSPS) is 9.59. The van der Waals surface area contributed by atoms with E-state index < -0.39 is 5.97 Å². The number of carboxylic acids is 1. The minimum Gasteiger partial charge on any atom is -0.478 e. The third kappa shape index (κ3) is 3.79. The molecule has 0 atom stereocenters. The minimum absolute atomic E-state index is 0.310. The fraction of sp³-hybridized carbons (Fsp3) is 0.385. The second kappa shape index (κ2) is 6.31. The summed E-state index contributed by atoms with van der Waals surface area (Å²) in [4.78, 5) is 15.4. The Labute approximate surface area is 106 Å². The van der Waals surface area contributed by atoms with Crippen LogP contribution in [0.4, 0.5) is 0 Å². The van der Waals surface area contributed by atoms with Crippen molar-refractivity contribution in [3.8, 4) is 11.8 Å². The van der Waals surface area contributed by atoms with Gasteiger partial charge in [0.15, 0.2) is 0 Å². The maximum absolute atomic E-state index is 11.2. The highest BCUT2D eigenvalue weighted by Gasteiger charge is 2.15. The maximum Gasteiger partial charge on any atom is 0.338 e. The zero-order valence-electron chi connectivity index (χ0n) is 10.2. The lowest BCUT2D eigenvalue weighted by Crippen LogP contribution is -2.05. The Hall–Kier alpha value is -1.47. The van der Waals surface area contributed by atoms with Gasteiger partial charge in [0, 0.05) is 17.9 Å². The number of hydrogen-bond donors (Lipinski definition) is 1. The number of aryl methyl sites for hydroxylation is 2. The van der Waals surface area contributed by atoms with Crippen LogP contribution in [0.2, 0.25) is 0 Å². The van der Waals surface area contributed by atoms with Gasteiger partial charge in [0.2, 0.25) is 0 Å². The van der Waals surface area contributed by atoms with Crippen LogP contribution in [0, 0.1) is 25.7 Å². The Morgan fingerprint density at radius 3 is 2.82 bits per heavy atom. The lowest BCUT2D eigenvalue weighted by molar-refractivity contribution is 0.0691. The first-order valence-corrected chi connectivity index (χ1v) is 6.28. The molecule has 1 N–H and O–H groups in total. The van der Waals surface area contributed by atoms with E-state index in [0.717, 1.165) is 23.4 Å². The molecule has 1 rings (SSSR count). The van der Waals surface area contributed by atoms with Gasteiger partial charge in [-0.15, -0.1) is 23.6 Å². The molecule has 0 fully saturated rings. The predicted octanol–water partition coefficient (Wildman–Crippen LogP) is 2.90. The molecule has 0 saturated heterocycles. The highest BCUT2D eigenvalue weighted by atomic mass is 32.2. The van der Waals surface area contributed by atoms with Crippen molar-refractivity contribution in [1.82, 2.24) is 4.98 Å². The number of pyridine rings is 1. The van der Waals surface area contributed by atoms with E-state index in [0.29, 0.717) is 10.6 Å². The maximum atomic E-state index is 11.2. The summed E-state index contributed by atoms with van der Waals surface area (Å²) in [5.41, 5.74) is 1.91. The minimum atomic E-state index is -0.918. The van der Waals surface area contributed by atoms with Crippen molar-refractivity contribution in [2.75, 3.05) is 5.75 Å². The van der Waals surface area contributed by atoms with Crippen molar-refractivity contribution in [2.45, 2.75) is 32.2 Å². The van der Waals surface area contributed by atoms with E-state index >= 15 is 0 Å². The van der Waals surface area contributed by atoms with Crippen molar-refractivity contribution >= 4 is 17.7 Å². The number of thioether (sulfide) groups is 1. The van der Waals surface area contributed by atoms with E-state index in [4.69, 9.17) is 5.11 Å². The Kier molecular flexibility index (Phi) is 5.05. The molecule has 1 aromatic rings. The van der Waals surface area contributed by atoms with Crippen molar-refractivity contribution in [3.05, 3.63) is 22.9 Å². The standard InChI is InChI=1S/C13H15NO2S/c1-4-5-6-7-17-12-11(13(15)16)9(2)8-10(3)14-12/h8H,6-7H2,1-3H3,(H,15,16). The molecule has 17 heavy (non-hydrogen) atoms. The van der Waals surface area contributed by atoms with Gasteiger partial charge in [-0.2, -0.15) is 0 Å². The molecular weight excluding hydrogens is 234 g/mol. The highest BCUT2D eigenvalue weighted by molar-refractivity contribution is 7.99. The number of carbonyl (C=O) groups is 1. The molecule has 3 nitrogen and oxygen atoms in total. The van der Waals surface area contributed by atoms with E-state index in [1.54, 1.807) is 19.9 Å². The molecule has 4 heteroatoms. The van der Waals surface area contributed by atoms with Crippen LogP contribution in [-0.4, -0.2) is 21.8 Å². The zero-order chi connectivity index (χ0) is 12.8. The topological polar surface area (TPSA) is 50.2 Å². The molecule has 0 amide bonds. The highest BCUT2D eigenvalue weighted by Crippen LogP contribution is 2.24. The van der Waals surface area contributed by atoms with Gasteiger partial charge in [0.1, 0.15) is 5.03 Å². The number of carboxylic acid groups (broad SMARTS) is 1. The summed E-state index contributed by atoms with van der Waals surface area (Å²) in [6, 6.07) is 1.79. The van der Waals surface area contributed by atoms with Crippen LogP contribution in [0.1, 0.15) is 35.0 Å². The van der Waals surface area contributed by atoms with Crippen molar-refractivity contribution < 1.29 is 9.90 Å². The van der Waals surface area contributed by atoms with Crippen LogP contribution in [0.5, 0.6) is 0 Å². The lowest BCUT2D eigenvalue weighted by Gasteiger charge is -2.08. The molecule has 0 aliphatic heterocycles. The molecule has 0 bridgehead atoms. The average Bonchev–Trinajstić information content (AvgIpc) is 2.22. The molecule has 1 heterocycles. The monoisotopic (exact) mass is 249 g/mol. The van der Waals surface area contributed by atoms with Crippen LogP contribution in [0.15, 0.2) is 11.1 Å². The Bertz CT molecular complexity index is 486. The number of hydrogen-bond acceptors (Lipinski definition) is 3. The molecule has 90 valence electrons. The summed E-state index contributed by atoms with van der Waals surface area (Å²) in [7, 11) is 0. The van der Waals surface area contributed by atoms with E-state index in [2.05, 4.69) is 16.8 Å². The largest absolute Gasteiger partial charge is 0.478 e. The van der Waals surface area contributed by atoms with E-state index in [1.165, 1.54) is 11.8 Å². The van der Waals surface area contributed by atoms with Gasteiger partial charge >= 0.3 is 5.97 Å². The van der Waals surface area contributed by atoms with Crippen molar-refractivity contribution in [3.63, 3.8) is 0 Å². The quantitative estimate of drug-likeness (QED) is 0.506. The van der Waals surface area contributed by atoms with Crippen molar-refractivity contribution in [1.29, 1.82) is 0 Å². The van der Waals surface area contributed by atoms with Gasteiger partial charge in [-0.1, -0.05) is 0 Å². The summed E-state index contributed by atoms with van der Waals surface area (Å²) in [5, 5.41) is 9.75. The van der Waals surface area contributed by atoms with Crippen LogP contribution in [0.25, 0.3) is 0 Å². The molecule has 1 aromatic heterocycles. The molecule has 0 radical (unpaired) electrons. The second-order valence-electron chi connectivity index (χ2n) is 3.59. The Morgan fingerprint density at radius 2 is 2.24 bits per heavy atom. The average molecular weight is 249 g/mol. The third-order valence-corrected chi connectivity index (χ3v) is 3.15. The number of rotatable bonds is 4. The first-order valence-electron chi connectivity index (χ1n) is 5.30. The van der Waals surface area contributed by atoms with Crippen LogP contribution < -0.4 is 0 Å². The van der Waals surface area contributed by atoms with E-state index in [1.807, 2.05) is 6.92 Å². The molecule has 0 saturated carbocycles. The molecule has 0 aliphatic rings. The Balaban J connectivity index is 2.94. The van der Waals surface area contributed by atoms with Gasteiger partial charge in [-0.3, -0.25) is 0 Å².